The molecule has 1 aliphatic rings. The lowest BCUT2D eigenvalue weighted by molar-refractivity contribution is 0.289. The van der Waals surface area contributed by atoms with Gasteiger partial charge in [0.05, 0.1) is 0 Å². The second-order valence-corrected chi connectivity index (χ2v) is 7.77. The second kappa shape index (κ2) is 11.7. The van der Waals surface area contributed by atoms with Crippen LogP contribution in [0.3, 0.4) is 0 Å². The van der Waals surface area contributed by atoms with Gasteiger partial charge >= 0.3 is 0 Å². The van der Waals surface area contributed by atoms with Crippen LogP contribution in [-0.4, -0.2) is 60.7 Å². The third kappa shape index (κ3) is 6.20. The zero-order chi connectivity index (χ0) is 19.6. The zero-order valence-corrected chi connectivity index (χ0v) is 18.0. The molecule has 27 heavy (non-hydrogen) atoms. The molecule has 0 aliphatic heterocycles. The highest BCUT2D eigenvalue weighted by Gasteiger charge is 2.32. The van der Waals surface area contributed by atoms with E-state index in [9.17, 15) is 5.11 Å². The summed E-state index contributed by atoms with van der Waals surface area (Å²) in [4.78, 5) is 4.97. The molecule has 4 nitrogen and oxygen atoms in total. The van der Waals surface area contributed by atoms with Crippen molar-refractivity contribution in [2.45, 2.75) is 65.3 Å². The average molecular weight is 376 g/mol. The first kappa shape index (κ1) is 22.2. The maximum Gasteiger partial charge on any atom is 0.119 e. The zero-order valence-electron chi connectivity index (χ0n) is 18.0. The standard InChI is InChI=1S/C23H41N3O/c1-5-25(6-2)16-10-12-19-18-21(20-13-9-14-22(27)23(19)20)24-15-11-17-26(7-3)8-4/h9,13-14,19,21,24,27H,5-8,10-12,15-18H2,1-4H3. The Labute approximate surface area is 166 Å². The fourth-order valence-corrected chi connectivity index (χ4v) is 4.52. The van der Waals surface area contributed by atoms with E-state index in [1.54, 1.807) is 0 Å². The SMILES string of the molecule is CCN(CC)CCCNC1CC(CCCN(CC)CC)c2c(O)cccc21. The third-order valence-electron chi connectivity index (χ3n) is 6.28. The molecule has 0 saturated heterocycles. The minimum atomic E-state index is 0.391. The number of rotatable bonds is 13. The normalized spacial score (nSPS) is 19.2. The topological polar surface area (TPSA) is 38.7 Å². The van der Waals surface area contributed by atoms with Crippen molar-refractivity contribution in [3.63, 3.8) is 0 Å². The fraction of sp³-hybridized carbons (Fsp3) is 0.739. The molecule has 0 aromatic heterocycles. The van der Waals surface area contributed by atoms with E-state index in [4.69, 9.17) is 0 Å². The Morgan fingerprint density at radius 1 is 0.963 bits per heavy atom. The van der Waals surface area contributed by atoms with Gasteiger partial charge in [-0.15, -0.1) is 0 Å². The Morgan fingerprint density at radius 3 is 2.22 bits per heavy atom. The van der Waals surface area contributed by atoms with Gasteiger partial charge in [0.25, 0.3) is 0 Å². The van der Waals surface area contributed by atoms with Crippen molar-refractivity contribution in [3.8, 4) is 5.75 Å². The van der Waals surface area contributed by atoms with Gasteiger partial charge in [-0.2, -0.15) is 0 Å². The van der Waals surface area contributed by atoms with Crippen LogP contribution in [0, 0.1) is 0 Å². The van der Waals surface area contributed by atoms with Gasteiger partial charge in [0.1, 0.15) is 5.75 Å². The van der Waals surface area contributed by atoms with Crippen LogP contribution < -0.4 is 5.32 Å². The summed E-state index contributed by atoms with van der Waals surface area (Å²) < 4.78 is 0. The maximum atomic E-state index is 10.5. The summed E-state index contributed by atoms with van der Waals surface area (Å²) in [5.41, 5.74) is 2.53. The number of nitrogens with one attached hydrogen (secondary N) is 1. The molecule has 0 saturated carbocycles. The Kier molecular flexibility index (Phi) is 9.60. The van der Waals surface area contributed by atoms with Crippen molar-refractivity contribution < 1.29 is 5.11 Å². The van der Waals surface area contributed by atoms with Gasteiger partial charge in [-0.05, 0) is 89.0 Å². The summed E-state index contributed by atoms with van der Waals surface area (Å²) in [7, 11) is 0. The van der Waals surface area contributed by atoms with E-state index in [1.165, 1.54) is 30.4 Å². The van der Waals surface area contributed by atoms with Crippen molar-refractivity contribution in [1.29, 1.82) is 0 Å². The lowest BCUT2D eigenvalue weighted by Crippen LogP contribution is -2.28. The van der Waals surface area contributed by atoms with Crippen LogP contribution in [0.1, 0.15) is 76.5 Å². The number of fused-ring (bicyclic) bond motifs is 1. The summed E-state index contributed by atoms with van der Waals surface area (Å²) in [6.07, 6.45) is 4.67. The van der Waals surface area contributed by atoms with Crippen LogP contribution >= 0.6 is 0 Å². The lowest BCUT2D eigenvalue weighted by atomic mass is 9.95. The molecule has 0 heterocycles. The van der Waals surface area contributed by atoms with Crippen molar-refractivity contribution in [1.82, 2.24) is 15.1 Å². The molecule has 4 heteroatoms. The molecule has 0 amide bonds. The van der Waals surface area contributed by atoms with E-state index < -0.39 is 0 Å². The number of hydrogen-bond acceptors (Lipinski definition) is 4. The Morgan fingerprint density at radius 2 is 1.59 bits per heavy atom. The Balaban J connectivity index is 1.90. The molecule has 2 unspecified atom stereocenters. The molecule has 0 radical (unpaired) electrons. The molecule has 154 valence electrons. The van der Waals surface area contributed by atoms with Crippen molar-refractivity contribution >= 4 is 0 Å². The van der Waals surface area contributed by atoms with Crippen LogP contribution in [0.25, 0.3) is 0 Å². The second-order valence-electron chi connectivity index (χ2n) is 7.77. The van der Waals surface area contributed by atoms with Crippen molar-refractivity contribution in [2.24, 2.45) is 0 Å². The average Bonchev–Trinajstić information content (AvgIpc) is 3.04. The minimum absolute atomic E-state index is 0.391. The quantitative estimate of drug-likeness (QED) is 0.502. The molecule has 2 rings (SSSR count). The van der Waals surface area contributed by atoms with Gasteiger partial charge in [0.15, 0.2) is 0 Å². The van der Waals surface area contributed by atoms with Crippen LogP contribution in [0.15, 0.2) is 18.2 Å². The number of hydrogen-bond donors (Lipinski definition) is 2. The summed E-state index contributed by atoms with van der Waals surface area (Å²) >= 11 is 0. The molecule has 1 aliphatic carbocycles. The van der Waals surface area contributed by atoms with Crippen LogP contribution in [0.5, 0.6) is 5.75 Å². The van der Waals surface area contributed by atoms with E-state index in [2.05, 4.69) is 48.9 Å². The van der Waals surface area contributed by atoms with E-state index in [0.717, 1.165) is 52.2 Å². The molecular formula is C23H41N3O. The van der Waals surface area contributed by atoms with E-state index in [0.29, 0.717) is 17.7 Å². The van der Waals surface area contributed by atoms with Crippen molar-refractivity contribution in [2.75, 3.05) is 45.8 Å². The van der Waals surface area contributed by atoms with E-state index >= 15 is 0 Å². The maximum absolute atomic E-state index is 10.5. The number of aromatic hydroxyl groups is 1. The van der Waals surface area contributed by atoms with E-state index in [1.807, 2.05) is 12.1 Å². The smallest absolute Gasteiger partial charge is 0.119 e. The molecule has 0 bridgehead atoms. The van der Waals surface area contributed by atoms with Gasteiger partial charge in [0.2, 0.25) is 0 Å². The summed E-state index contributed by atoms with van der Waals surface area (Å²) in [5, 5.41) is 14.3. The number of benzene rings is 1. The number of phenolic OH excluding ortho intramolecular Hbond substituents is 1. The molecule has 2 N–H and O–H groups in total. The first-order chi connectivity index (χ1) is 13.1. The molecule has 0 fully saturated rings. The van der Waals surface area contributed by atoms with Crippen LogP contribution in [0.4, 0.5) is 0 Å². The monoisotopic (exact) mass is 375 g/mol. The largest absolute Gasteiger partial charge is 0.508 e. The highest BCUT2D eigenvalue weighted by molar-refractivity contribution is 5.47. The predicted molar refractivity (Wildman–Crippen MR) is 116 cm³/mol. The first-order valence-electron chi connectivity index (χ1n) is 11.1. The third-order valence-corrected chi connectivity index (χ3v) is 6.28. The highest BCUT2D eigenvalue weighted by Crippen LogP contribution is 2.46. The summed E-state index contributed by atoms with van der Waals surface area (Å²) in [5.74, 6) is 0.977. The Hall–Kier alpha value is -1.10. The van der Waals surface area contributed by atoms with Gasteiger partial charge in [-0.1, -0.05) is 39.8 Å². The van der Waals surface area contributed by atoms with Gasteiger partial charge in [-0.25, -0.2) is 0 Å². The molecule has 0 spiro atoms. The summed E-state index contributed by atoms with van der Waals surface area (Å²) in [6.45, 7) is 16.8. The predicted octanol–water partition coefficient (Wildman–Crippen LogP) is 4.36. The molecule has 2 atom stereocenters. The Bertz CT molecular complexity index is 540. The molecule has 1 aromatic rings. The van der Waals surface area contributed by atoms with Crippen molar-refractivity contribution in [3.05, 3.63) is 29.3 Å². The van der Waals surface area contributed by atoms with Crippen LogP contribution in [0.2, 0.25) is 0 Å². The lowest BCUT2D eigenvalue weighted by Gasteiger charge is -2.20. The number of nitrogens with zero attached hydrogens (tertiary/aromatic N) is 2. The van der Waals surface area contributed by atoms with E-state index in [-0.39, 0.29) is 0 Å². The highest BCUT2D eigenvalue weighted by atomic mass is 16.3. The molecule has 1 aromatic carbocycles. The molecular weight excluding hydrogens is 334 g/mol. The van der Waals surface area contributed by atoms with Gasteiger partial charge in [0, 0.05) is 11.6 Å². The van der Waals surface area contributed by atoms with Gasteiger partial charge in [-0.3, -0.25) is 0 Å². The number of phenols is 1. The summed E-state index contributed by atoms with van der Waals surface area (Å²) in [6, 6.07) is 6.46. The fourth-order valence-electron chi connectivity index (χ4n) is 4.52. The van der Waals surface area contributed by atoms with Gasteiger partial charge < -0.3 is 20.2 Å². The van der Waals surface area contributed by atoms with Crippen LogP contribution in [-0.2, 0) is 0 Å². The first-order valence-corrected chi connectivity index (χ1v) is 11.1. The minimum Gasteiger partial charge on any atom is -0.508 e.